The van der Waals surface area contributed by atoms with Gasteiger partial charge in [0, 0.05) is 12.6 Å². The van der Waals surface area contributed by atoms with Gasteiger partial charge in [-0.1, -0.05) is 6.42 Å². The molecule has 0 radical (unpaired) electrons. The van der Waals surface area contributed by atoms with Gasteiger partial charge in [-0.25, -0.2) is 0 Å². The molecule has 2 aliphatic carbocycles. The van der Waals surface area contributed by atoms with Gasteiger partial charge in [-0.2, -0.15) is 0 Å². The molecule has 1 aliphatic heterocycles. The summed E-state index contributed by atoms with van der Waals surface area (Å²) in [6.45, 7) is 1.51. The standard InChI is InChI=1S/C10H17NO/c12-5-8-4-10(7-11-8)6-9(10)2-1-3-9/h8,11-12H,1-7H2/t8-,10?/m0/s1. The van der Waals surface area contributed by atoms with Crippen molar-refractivity contribution in [2.75, 3.05) is 13.2 Å². The molecule has 3 fully saturated rings. The van der Waals surface area contributed by atoms with E-state index in [0.29, 0.717) is 18.1 Å². The highest BCUT2D eigenvalue weighted by atomic mass is 16.3. The van der Waals surface area contributed by atoms with Crippen LogP contribution in [0.2, 0.25) is 0 Å². The van der Waals surface area contributed by atoms with Gasteiger partial charge >= 0.3 is 0 Å². The number of rotatable bonds is 1. The molecule has 3 aliphatic rings. The molecule has 68 valence electrons. The van der Waals surface area contributed by atoms with Crippen molar-refractivity contribution in [2.24, 2.45) is 10.8 Å². The summed E-state index contributed by atoms with van der Waals surface area (Å²) in [4.78, 5) is 0. The van der Waals surface area contributed by atoms with Crippen molar-refractivity contribution >= 4 is 0 Å². The predicted octanol–water partition coefficient (Wildman–Crippen LogP) is 0.901. The molecular formula is C10H17NO. The molecule has 2 N–H and O–H groups in total. The number of nitrogens with one attached hydrogen (secondary N) is 1. The van der Waals surface area contributed by atoms with Crippen LogP contribution < -0.4 is 5.32 Å². The van der Waals surface area contributed by atoms with E-state index in [-0.39, 0.29) is 0 Å². The van der Waals surface area contributed by atoms with E-state index in [4.69, 9.17) is 5.11 Å². The topological polar surface area (TPSA) is 32.3 Å². The third-order valence-electron chi connectivity index (χ3n) is 4.57. The summed E-state index contributed by atoms with van der Waals surface area (Å²) in [6, 6.07) is 0.407. The lowest BCUT2D eigenvalue weighted by Crippen LogP contribution is -2.25. The van der Waals surface area contributed by atoms with E-state index in [1.54, 1.807) is 0 Å². The van der Waals surface area contributed by atoms with E-state index in [2.05, 4.69) is 5.32 Å². The molecule has 12 heavy (non-hydrogen) atoms. The Morgan fingerprint density at radius 1 is 1.33 bits per heavy atom. The summed E-state index contributed by atoms with van der Waals surface area (Å²) < 4.78 is 0. The first-order valence-electron chi connectivity index (χ1n) is 5.15. The lowest BCUT2D eigenvalue weighted by atomic mass is 9.74. The molecule has 0 aromatic carbocycles. The van der Waals surface area contributed by atoms with Crippen LogP contribution in [0.5, 0.6) is 0 Å². The molecule has 1 heterocycles. The van der Waals surface area contributed by atoms with Crippen molar-refractivity contribution in [3.63, 3.8) is 0 Å². The van der Waals surface area contributed by atoms with Crippen LogP contribution >= 0.6 is 0 Å². The van der Waals surface area contributed by atoms with Crippen LogP contribution in [0.1, 0.15) is 32.1 Å². The van der Waals surface area contributed by atoms with E-state index < -0.39 is 0 Å². The molecule has 2 saturated carbocycles. The Bertz CT molecular complexity index is 212. The first kappa shape index (κ1) is 7.34. The lowest BCUT2D eigenvalue weighted by molar-refractivity contribution is 0.201. The maximum atomic E-state index is 9.02. The zero-order chi connectivity index (χ0) is 8.23. The average Bonchev–Trinajstić information content (AvgIpc) is 2.46. The van der Waals surface area contributed by atoms with Gasteiger partial charge in [-0.05, 0) is 36.5 Å². The average molecular weight is 167 g/mol. The van der Waals surface area contributed by atoms with E-state index in [0.717, 1.165) is 5.41 Å². The van der Waals surface area contributed by atoms with Gasteiger partial charge in [0.15, 0.2) is 0 Å². The Hall–Kier alpha value is -0.0800. The molecule has 0 bridgehead atoms. The van der Waals surface area contributed by atoms with E-state index >= 15 is 0 Å². The summed E-state index contributed by atoms with van der Waals surface area (Å²) in [5, 5.41) is 12.5. The largest absolute Gasteiger partial charge is 0.395 e. The summed E-state index contributed by atoms with van der Waals surface area (Å²) >= 11 is 0. The molecule has 1 saturated heterocycles. The van der Waals surface area contributed by atoms with Crippen LogP contribution in [0.3, 0.4) is 0 Å². The second-order valence-electron chi connectivity index (χ2n) is 5.06. The third-order valence-corrected chi connectivity index (χ3v) is 4.57. The number of hydrogen-bond donors (Lipinski definition) is 2. The fourth-order valence-electron chi connectivity index (χ4n) is 3.54. The van der Waals surface area contributed by atoms with Gasteiger partial charge in [0.05, 0.1) is 6.61 Å². The minimum Gasteiger partial charge on any atom is -0.395 e. The van der Waals surface area contributed by atoms with Crippen LogP contribution in [0.15, 0.2) is 0 Å². The van der Waals surface area contributed by atoms with Crippen LogP contribution in [0.4, 0.5) is 0 Å². The fourth-order valence-corrected chi connectivity index (χ4v) is 3.54. The zero-order valence-electron chi connectivity index (χ0n) is 7.47. The Kier molecular flexibility index (Phi) is 1.25. The van der Waals surface area contributed by atoms with Crippen molar-refractivity contribution in [1.29, 1.82) is 0 Å². The van der Waals surface area contributed by atoms with Crippen molar-refractivity contribution < 1.29 is 5.11 Å². The quantitative estimate of drug-likeness (QED) is 0.608. The number of aliphatic hydroxyl groups excluding tert-OH is 1. The van der Waals surface area contributed by atoms with Crippen LogP contribution in [0, 0.1) is 10.8 Å². The molecule has 1 unspecified atom stereocenters. The monoisotopic (exact) mass is 167 g/mol. The van der Waals surface area contributed by atoms with Crippen molar-refractivity contribution in [3.05, 3.63) is 0 Å². The normalized spacial score (nSPS) is 48.2. The first-order chi connectivity index (χ1) is 5.80. The molecule has 2 nitrogen and oxygen atoms in total. The molecule has 0 aromatic heterocycles. The minimum absolute atomic E-state index is 0.331. The first-order valence-corrected chi connectivity index (χ1v) is 5.15. The predicted molar refractivity (Wildman–Crippen MR) is 46.8 cm³/mol. The van der Waals surface area contributed by atoms with E-state index in [1.807, 2.05) is 0 Å². The second kappa shape index (κ2) is 2.05. The van der Waals surface area contributed by atoms with Crippen molar-refractivity contribution in [3.8, 4) is 0 Å². The number of aliphatic hydroxyl groups is 1. The number of hydrogen-bond acceptors (Lipinski definition) is 2. The molecule has 0 amide bonds. The van der Waals surface area contributed by atoms with Crippen LogP contribution in [0.25, 0.3) is 0 Å². The lowest BCUT2D eigenvalue weighted by Gasteiger charge is -2.30. The Labute approximate surface area is 73.4 Å². The Morgan fingerprint density at radius 2 is 2.17 bits per heavy atom. The second-order valence-corrected chi connectivity index (χ2v) is 5.06. The van der Waals surface area contributed by atoms with Gasteiger partial charge in [-0.3, -0.25) is 0 Å². The molecule has 0 aromatic rings. The maximum absolute atomic E-state index is 9.02. The summed E-state index contributed by atoms with van der Waals surface area (Å²) in [5.41, 5.74) is 1.39. The Balaban J connectivity index is 1.72. The van der Waals surface area contributed by atoms with Gasteiger partial charge in [0.2, 0.25) is 0 Å². The van der Waals surface area contributed by atoms with E-state index in [9.17, 15) is 0 Å². The van der Waals surface area contributed by atoms with Crippen LogP contribution in [-0.4, -0.2) is 24.3 Å². The highest BCUT2D eigenvalue weighted by molar-refractivity contribution is 5.21. The highest BCUT2D eigenvalue weighted by Crippen LogP contribution is 2.76. The van der Waals surface area contributed by atoms with Gasteiger partial charge in [-0.15, -0.1) is 0 Å². The van der Waals surface area contributed by atoms with Gasteiger partial charge < -0.3 is 10.4 Å². The highest BCUT2D eigenvalue weighted by Gasteiger charge is 2.70. The Morgan fingerprint density at radius 3 is 2.58 bits per heavy atom. The fraction of sp³-hybridized carbons (Fsp3) is 1.00. The molecule has 2 heteroatoms. The number of fused-ring (bicyclic) bond motifs is 1. The SMILES string of the molecule is OC[C@@H]1CC2(CN1)CC21CCC1. The zero-order valence-corrected chi connectivity index (χ0v) is 7.47. The van der Waals surface area contributed by atoms with Crippen molar-refractivity contribution in [2.45, 2.75) is 38.1 Å². The minimum atomic E-state index is 0.331. The maximum Gasteiger partial charge on any atom is 0.0584 e. The van der Waals surface area contributed by atoms with Crippen LogP contribution in [-0.2, 0) is 0 Å². The van der Waals surface area contributed by atoms with Gasteiger partial charge in [0.25, 0.3) is 0 Å². The summed E-state index contributed by atoms with van der Waals surface area (Å²) in [6.07, 6.45) is 7.07. The molecular weight excluding hydrogens is 150 g/mol. The third kappa shape index (κ3) is 0.686. The molecule has 2 atom stereocenters. The smallest absolute Gasteiger partial charge is 0.0584 e. The van der Waals surface area contributed by atoms with Crippen molar-refractivity contribution in [1.82, 2.24) is 5.32 Å². The van der Waals surface area contributed by atoms with Gasteiger partial charge in [0.1, 0.15) is 0 Å². The molecule has 3 rings (SSSR count). The molecule has 2 spiro atoms. The van der Waals surface area contributed by atoms with E-state index in [1.165, 1.54) is 38.6 Å². The summed E-state index contributed by atoms with van der Waals surface area (Å²) in [7, 11) is 0. The summed E-state index contributed by atoms with van der Waals surface area (Å²) in [5.74, 6) is 0.